The van der Waals surface area contributed by atoms with E-state index in [1.807, 2.05) is 4.98 Å². The zero-order valence-electron chi connectivity index (χ0n) is 20.2. The van der Waals surface area contributed by atoms with Crippen LogP contribution in [0.25, 0.3) is 0 Å². The molecule has 17 nitrogen and oxygen atoms in total. The Labute approximate surface area is 218 Å². The lowest BCUT2D eigenvalue weighted by Crippen LogP contribution is -2.51. The maximum Gasteiger partial charge on any atom is 0.470 e. The molecule has 0 spiro atoms. The number of anilines is 1. The lowest BCUT2D eigenvalue weighted by atomic mass is 9.96. The molecule has 18 heteroatoms. The second-order valence-electron chi connectivity index (χ2n) is 8.89. The number of aromatic amines is 1. The van der Waals surface area contributed by atoms with Crippen LogP contribution in [0, 0.1) is 11.8 Å². The Morgan fingerprint density at radius 3 is 2.38 bits per heavy atom. The van der Waals surface area contributed by atoms with E-state index in [0.717, 1.165) is 21.4 Å². The second kappa shape index (κ2) is 11.1. The van der Waals surface area contributed by atoms with Crippen LogP contribution in [0.2, 0.25) is 0 Å². The molecule has 4 heterocycles. The fourth-order valence-electron chi connectivity index (χ4n) is 4.53. The summed E-state index contributed by atoms with van der Waals surface area (Å²) in [4.78, 5) is 60.6. The van der Waals surface area contributed by atoms with Crippen LogP contribution in [-0.2, 0) is 18.6 Å². The Morgan fingerprint density at radius 2 is 1.77 bits per heavy atom. The number of H-pyrrole nitrogens is 1. The largest absolute Gasteiger partial charge is 0.470 e. The standard InChI is InChI=1S/C21H26N5O12P/c1-2-3-9-8-26(21(32)24-19(9)22)14-6-10(27)16(36-14)15(30)18(38-39(33,34)35)17-11(28)7-13(37-17)25-5-4-12(29)23-20(25)31/h4-5,8,10-11,13-18,27-28,30H,6-7H2,1H3,(H2,22,24,32)(H,23,29,31)(H2,33,34,35)/t10-,11-,13+,14+,15?,16-,17-,18?/m0/s1. The number of nitrogen functional groups attached to an aromatic ring is 1. The number of hydrogen-bond acceptors (Lipinski definition) is 12. The van der Waals surface area contributed by atoms with Gasteiger partial charge in [-0.05, 0) is 6.92 Å². The van der Waals surface area contributed by atoms with E-state index in [-0.39, 0.29) is 24.2 Å². The first-order valence-electron chi connectivity index (χ1n) is 11.5. The summed E-state index contributed by atoms with van der Waals surface area (Å²) < 4.78 is 29.7. The number of phosphoric ester groups is 1. The van der Waals surface area contributed by atoms with Crippen molar-refractivity contribution in [2.24, 2.45) is 0 Å². The van der Waals surface area contributed by atoms with Crippen molar-refractivity contribution in [2.75, 3.05) is 5.73 Å². The number of rotatable bonds is 7. The number of nitrogens with two attached hydrogens (primary N) is 1. The van der Waals surface area contributed by atoms with Gasteiger partial charge in [0.05, 0.1) is 17.8 Å². The molecule has 0 aromatic carbocycles. The van der Waals surface area contributed by atoms with Crippen molar-refractivity contribution in [2.45, 2.75) is 68.8 Å². The van der Waals surface area contributed by atoms with Crippen LogP contribution in [0.5, 0.6) is 0 Å². The van der Waals surface area contributed by atoms with Gasteiger partial charge in [0.1, 0.15) is 42.7 Å². The zero-order chi connectivity index (χ0) is 28.6. The summed E-state index contributed by atoms with van der Waals surface area (Å²) in [6.45, 7) is 1.54. The third kappa shape index (κ3) is 6.20. The molecule has 2 aliphatic heterocycles. The molecular weight excluding hydrogens is 545 g/mol. The topological polar surface area (TPSA) is 262 Å². The van der Waals surface area contributed by atoms with E-state index in [2.05, 4.69) is 16.8 Å². The molecule has 2 aromatic rings. The summed E-state index contributed by atoms with van der Waals surface area (Å²) in [6.07, 6.45) is -10.8. The number of aliphatic hydroxyl groups excluding tert-OH is 3. The molecule has 0 radical (unpaired) electrons. The summed E-state index contributed by atoms with van der Waals surface area (Å²) in [5, 5.41) is 32.4. The number of hydrogen-bond donors (Lipinski definition) is 7. The molecule has 4 rings (SSSR count). The predicted octanol–water partition coefficient (Wildman–Crippen LogP) is -3.12. The van der Waals surface area contributed by atoms with E-state index < -0.39 is 73.8 Å². The lowest BCUT2D eigenvalue weighted by molar-refractivity contribution is -0.162. The van der Waals surface area contributed by atoms with Gasteiger partial charge in [-0.15, -0.1) is 5.92 Å². The van der Waals surface area contributed by atoms with E-state index in [4.69, 9.17) is 19.7 Å². The third-order valence-electron chi connectivity index (χ3n) is 6.24. The highest BCUT2D eigenvalue weighted by atomic mass is 31.2. The summed E-state index contributed by atoms with van der Waals surface area (Å²) >= 11 is 0. The molecule has 0 bridgehead atoms. The first kappa shape index (κ1) is 28.8. The first-order valence-corrected chi connectivity index (χ1v) is 13.0. The smallest absolute Gasteiger partial charge is 0.390 e. The molecule has 39 heavy (non-hydrogen) atoms. The average molecular weight is 571 g/mol. The highest BCUT2D eigenvalue weighted by molar-refractivity contribution is 7.46. The van der Waals surface area contributed by atoms with Gasteiger partial charge < -0.3 is 40.3 Å². The Balaban J connectivity index is 1.61. The number of phosphoric acid groups is 1. The lowest BCUT2D eigenvalue weighted by Gasteiger charge is -2.33. The molecule has 0 amide bonds. The molecule has 0 aliphatic carbocycles. The molecule has 2 saturated heterocycles. The minimum Gasteiger partial charge on any atom is -0.390 e. The van der Waals surface area contributed by atoms with Crippen LogP contribution in [0.1, 0.15) is 37.8 Å². The summed E-state index contributed by atoms with van der Waals surface area (Å²) in [5.41, 5.74) is 3.51. The number of nitrogens with zero attached hydrogens (tertiary/aromatic N) is 3. The van der Waals surface area contributed by atoms with E-state index in [9.17, 15) is 44.1 Å². The molecule has 2 unspecified atom stereocenters. The van der Waals surface area contributed by atoms with Gasteiger partial charge in [0.25, 0.3) is 5.56 Å². The van der Waals surface area contributed by atoms with Crippen LogP contribution in [0.4, 0.5) is 5.82 Å². The van der Waals surface area contributed by atoms with E-state index >= 15 is 0 Å². The van der Waals surface area contributed by atoms with Crippen LogP contribution in [0.15, 0.2) is 32.8 Å². The van der Waals surface area contributed by atoms with Crippen molar-refractivity contribution in [1.82, 2.24) is 19.1 Å². The summed E-state index contributed by atoms with van der Waals surface area (Å²) in [6, 6.07) is 1.03. The molecule has 2 fully saturated rings. The summed E-state index contributed by atoms with van der Waals surface area (Å²) in [5.74, 6) is 5.15. The zero-order valence-corrected chi connectivity index (χ0v) is 21.1. The Bertz CT molecular complexity index is 1510. The van der Waals surface area contributed by atoms with Gasteiger partial charge in [0.2, 0.25) is 0 Å². The van der Waals surface area contributed by atoms with E-state index in [1.165, 1.54) is 13.1 Å². The van der Waals surface area contributed by atoms with Gasteiger partial charge in [0.15, 0.2) is 0 Å². The number of ether oxygens (including phenoxy) is 2. The second-order valence-corrected chi connectivity index (χ2v) is 10.1. The van der Waals surface area contributed by atoms with E-state index in [0.29, 0.717) is 0 Å². The molecular formula is C21H26N5O12P. The predicted molar refractivity (Wildman–Crippen MR) is 129 cm³/mol. The Kier molecular flexibility index (Phi) is 8.23. The van der Waals surface area contributed by atoms with Gasteiger partial charge in [-0.25, -0.2) is 14.2 Å². The number of aromatic nitrogens is 4. The monoisotopic (exact) mass is 571 g/mol. The van der Waals surface area contributed by atoms with Crippen molar-refractivity contribution in [1.29, 1.82) is 0 Å². The molecule has 8 N–H and O–H groups in total. The van der Waals surface area contributed by atoms with Crippen LogP contribution in [0.3, 0.4) is 0 Å². The van der Waals surface area contributed by atoms with Crippen molar-refractivity contribution < 1.29 is 43.7 Å². The molecule has 0 saturated carbocycles. The Morgan fingerprint density at radius 1 is 1.15 bits per heavy atom. The van der Waals surface area contributed by atoms with Crippen molar-refractivity contribution in [3.8, 4) is 11.8 Å². The van der Waals surface area contributed by atoms with Gasteiger partial charge in [-0.2, -0.15) is 4.98 Å². The maximum absolute atomic E-state index is 12.4. The SMILES string of the molecule is CC#Cc1cn([C@H]2C[C@H](O)[C@@H](C(O)C(OP(=O)(O)O)[C@H]3O[C@@H](n4ccc(=O)[nH]c4=O)C[C@@H]3O)O2)c(=O)nc1N. The van der Waals surface area contributed by atoms with Gasteiger partial charge >= 0.3 is 19.2 Å². The summed E-state index contributed by atoms with van der Waals surface area (Å²) in [7, 11) is -5.32. The fourth-order valence-corrected chi connectivity index (χ4v) is 5.10. The van der Waals surface area contributed by atoms with Crippen molar-refractivity contribution >= 4 is 13.6 Å². The number of nitrogens with one attached hydrogen (secondary N) is 1. The minimum absolute atomic E-state index is 0.126. The molecule has 2 aromatic heterocycles. The van der Waals surface area contributed by atoms with Gasteiger partial charge in [-0.1, -0.05) is 5.92 Å². The van der Waals surface area contributed by atoms with Gasteiger partial charge in [-0.3, -0.25) is 23.4 Å². The normalized spacial score (nSPS) is 28.6. The average Bonchev–Trinajstić information content (AvgIpc) is 3.40. The van der Waals surface area contributed by atoms with Gasteiger partial charge in [0, 0.05) is 31.3 Å². The highest BCUT2D eigenvalue weighted by Crippen LogP contribution is 2.44. The first-order chi connectivity index (χ1) is 18.3. The Hall–Kier alpha value is -3.17. The van der Waals surface area contributed by atoms with Crippen molar-refractivity contribution in [3.63, 3.8) is 0 Å². The quantitative estimate of drug-likeness (QED) is 0.128. The van der Waals surface area contributed by atoms with Crippen molar-refractivity contribution in [3.05, 3.63) is 55.3 Å². The third-order valence-corrected chi connectivity index (χ3v) is 6.76. The van der Waals surface area contributed by atoms with Crippen LogP contribution >= 0.6 is 7.82 Å². The number of aliphatic hydroxyl groups is 3. The highest BCUT2D eigenvalue weighted by Gasteiger charge is 2.51. The molecule has 2 aliphatic rings. The maximum atomic E-state index is 12.4. The molecule has 8 atom stereocenters. The van der Waals surface area contributed by atoms with E-state index in [1.54, 1.807) is 0 Å². The minimum atomic E-state index is -5.32. The fraction of sp³-hybridized carbons (Fsp3) is 0.524. The van der Waals surface area contributed by atoms with Crippen LogP contribution < -0.4 is 22.7 Å². The van der Waals surface area contributed by atoms with Crippen LogP contribution in [-0.4, -0.2) is 80.8 Å². The molecule has 212 valence electrons.